The van der Waals surface area contributed by atoms with E-state index in [-0.39, 0.29) is 5.60 Å². The fourth-order valence-electron chi connectivity index (χ4n) is 1.70. The molecule has 0 aliphatic rings. The molecule has 0 fully saturated rings. The van der Waals surface area contributed by atoms with Crippen molar-refractivity contribution in [2.45, 2.75) is 52.8 Å². The number of hydrogen-bond acceptors (Lipinski definition) is 3. The molecular weight excluding hydrogens is 214 g/mol. The van der Waals surface area contributed by atoms with Gasteiger partial charge in [0, 0.05) is 26.4 Å². The lowest BCUT2D eigenvalue weighted by molar-refractivity contribution is 0.0118. The predicted molar refractivity (Wildman–Crippen MR) is 70.0 cm³/mol. The van der Waals surface area contributed by atoms with Crippen LogP contribution in [0, 0.1) is 6.92 Å². The second-order valence-corrected chi connectivity index (χ2v) is 4.94. The largest absolute Gasteiger partial charge is 0.379 e. The van der Waals surface area contributed by atoms with Crippen molar-refractivity contribution in [1.82, 2.24) is 14.9 Å². The van der Waals surface area contributed by atoms with Gasteiger partial charge in [-0.2, -0.15) is 0 Å². The number of hydrogen-bond donors (Lipinski definition) is 1. The molecule has 4 heteroatoms. The number of ether oxygens (including phenoxy) is 1. The molecule has 0 unspecified atom stereocenters. The van der Waals surface area contributed by atoms with Crippen molar-refractivity contribution in [2.24, 2.45) is 0 Å². The van der Waals surface area contributed by atoms with Crippen LogP contribution in [0.15, 0.2) is 6.20 Å². The van der Waals surface area contributed by atoms with E-state index in [1.165, 1.54) is 5.69 Å². The third-order valence-electron chi connectivity index (χ3n) is 3.18. The SMILES string of the molecule is CCNCc1cnc(C)n1CCC(C)(C)OC. The highest BCUT2D eigenvalue weighted by Gasteiger charge is 2.17. The van der Waals surface area contributed by atoms with Crippen LogP contribution in [0.3, 0.4) is 0 Å². The van der Waals surface area contributed by atoms with Gasteiger partial charge in [-0.25, -0.2) is 4.98 Å². The highest BCUT2D eigenvalue weighted by Crippen LogP contribution is 2.16. The van der Waals surface area contributed by atoms with E-state index in [1.54, 1.807) is 7.11 Å². The van der Waals surface area contributed by atoms with Crippen LogP contribution in [-0.4, -0.2) is 28.8 Å². The van der Waals surface area contributed by atoms with E-state index in [9.17, 15) is 0 Å². The monoisotopic (exact) mass is 239 g/mol. The third-order valence-corrected chi connectivity index (χ3v) is 3.18. The second kappa shape index (κ2) is 6.17. The topological polar surface area (TPSA) is 39.1 Å². The van der Waals surface area contributed by atoms with Crippen LogP contribution in [0.5, 0.6) is 0 Å². The minimum atomic E-state index is -0.0772. The maximum absolute atomic E-state index is 5.45. The van der Waals surface area contributed by atoms with Gasteiger partial charge in [-0.05, 0) is 33.7 Å². The van der Waals surface area contributed by atoms with Gasteiger partial charge in [-0.1, -0.05) is 6.92 Å². The summed E-state index contributed by atoms with van der Waals surface area (Å²) in [4.78, 5) is 4.38. The lowest BCUT2D eigenvalue weighted by atomic mass is 10.1. The molecule has 0 radical (unpaired) electrons. The molecule has 1 N–H and O–H groups in total. The summed E-state index contributed by atoms with van der Waals surface area (Å²) < 4.78 is 7.71. The predicted octanol–water partition coefficient (Wildman–Crippen LogP) is 2.12. The van der Waals surface area contributed by atoms with Crippen molar-refractivity contribution in [3.05, 3.63) is 17.7 Å². The van der Waals surface area contributed by atoms with Gasteiger partial charge in [0.05, 0.1) is 11.3 Å². The summed E-state index contributed by atoms with van der Waals surface area (Å²) >= 11 is 0. The first kappa shape index (κ1) is 14.2. The smallest absolute Gasteiger partial charge is 0.105 e. The molecule has 0 aliphatic heterocycles. The Morgan fingerprint density at radius 2 is 2.18 bits per heavy atom. The maximum Gasteiger partial charge on any atom is 0.105 e. The van der Waals surface area contributed by atoms with Gasteiger partial charge in [-0.15, -0.1) is 0 Å². The minimum absolute atomic E-state index is 0.0772. The molecule has 17 heavy (non-hydrogen) atoms. The first-order valence-corrected chi connectivity index (χ1v) is 6.27. The molecule has 0 bridgehead atoms. The van der Waals surface area contributed by atoms with Gasteiger partial charge >= 0.3 is 0 Å². The van der Waals surface area contributed by atoms with Crippen molar-refractivity contribution < 1.29 is 4.74 Å². The van der Waals surface area contributed by atoms with Crippen LogP contribution in [0.4, 0.5) is 0 Å². The second-order valence-electron chi connectivity index (χ2n) is 4.94. The van der Waals surface area contributed by atoms with Crippen LogP contribution in [0.2, 0.25) is 0 Å². The third kappa shape index (κ3) is 4.13. The quantitative estimate of drug-likeness (QED) is 0.792. The van der Waals surface area contributed by atoms with Crippen molar-refractivity contribution in [3.63, 3.8) is 0 Å². The highest BCUT2D eigenvalue weighted by atomic mass is 16.5. The van der Waals surface area contributed by atoms with Gasteiger partial charge in [0.2, 0.25) is 0 Å². The van der Waals surface area contributed by atoms with Gasteiger partial charge in [-0.3, -0.25) is 0 Å². The van der Waals surface area contributed by atoms with E-state index < -0.39 is 0 Å². The Morgan fingerprint density at radius 1 is 1.47 bits per heavy atom. The normalized spacial score (nSPS) is 12.1. The van der Waals surface area contributed by atoms with E-state index >= 15 is 0 Å². The van der Waals surface area contributed by atoms with Crippen molar-refractivity contribution in [1.29, 1.82) is 0 Å². The van der Waals surface area contributed by atoms with Crippen molar-refractivity contribution >= 4 is 0 Å². The van der Waals surface area contributed by atoms with E-state index in [4.69, 9.17) is 4.74 Å². The summed E-state index contributed by atoms with van der Waals surface area (Å²) in [6.45, 7) is 11.2. The van der Waals surface area contributed by atoms with Crippen LogP contribution >= 0.6 is 0 Å². The summed E-state index contributed by atoms with van der Waals surface area (Å²) in [5, 5.41) is 3.34. The zero-order valence-corrected chi connectivity index (χ0v) is 11.7. The molecule has 0 atom stereocenters. The summed E-state index contributed by atoms with van der Waals surface area (Å²) in [5.41, 5.74) is 1.17. The number of aromatic nitrogens is 2. The molecular formula is C13H25N3O. The van der Waals surface area contributed by atoms with E-state index in [0.29, 0.717) is 0 Å². The lowest BCUT2D eigenvalue weighted by Crippen LogP contribution is -2.25. The zero-order valence-electron chi connectivity index (χ0n) is 11.7. The Labute approximate surface area is 104 Å². The van der Waals surface area contributed by atoms with Crippen LogP contribution in [0.1, 0.15) is 38.7 Å². The van der Waals surface area contributed by atoms with Crippen molar-refractivity contribution in [3.8, 4) is 0 Å². The van der Waals surface area contributed by atoms with Crippen LogP contribution in [0.25, 0.3) is 0 Å². The standard InChI is InChI=1S/C13H25N3O/c1-6-14-9-12-10-15-11(2)16(12)8-7-13(3,4)17-5/h10,14H,6-9H2,1-5H3. The molecule has 1 aromatic rings. The van der Waals surface area contributed by atoms with Crippen LogP contribution < -0.4 is 5.32 Å². The number of imidazole rings is 1. The Balaban J connectivity index is 2.65. The Morgan fingerprint density at radius 3 is 2.76 bits per heavy atom. The van der Waals surface area contributed by atoms with Gasteiger partial charge < -0.3 is 14.6 Å². The molecule has 1 aromatic heterocycles. The van der Waals surface area contributed by atoms with E-state index in [1.807, 2.05) is 6.20 Å². The molecule has 0 amide bonds. The van der Waals surface area contributed by atoms with E-state index in [2.05, 4.69) is 42.6 Å². The average molecular weight is 239 g/mol. The summed E-state index contributed by atoms with van der Waals surface area (Å²) in [6.07, 6.45) is 2.94. The number of nitrogens with zero attached hydrogens (tertiary/aromatic N) is 2. The Hall–Kier alpha value is -0.870. The summed E-state index contributed by atoms with van der Waals surface area (Å²) in [5.74, 6) is 1.07. The molecule has 0 aliphatic carbocycles. The summed E-state index contributed by atoms with van der Waals surface area (Å²) in [6, 6.07) is 0. The van der Waals surface area contributed by atoms with Gasteiger partial charge in [0.1, 0.15) is 5.82 Å². The first-order valence-electron chi connectivity index (χ1n) is 6.27. The van der Waals surface area contributed by atoms with E-state index in [0.717, 1.165) is 31.9 Å². The maximum atomic E-state index is 5.45. The molecule has 0 aromatic carbocycles. The number of methoxy groups -OCH3 is 1. The van der Waals surface area contributed by atoms with Gasteiger partial charge in [0.25, 0.3) is 0 Å². The van der Waals surface area contributed by atoms with Crippen molar-refractivity contribution in [2.75, 3.05) is 13.7 Å². The number of rotatable bonds is 7. The molecule has 1 rings (SSSR count). The Bertz CT molecular complexity index is 344. The average Bonchev–Trinajstić information content (AvgIpc) is 2.65. The minimum Gasteiger partial charge on any atom is -0.379 e. The fraction of sp³-hybridized carbons (Fsp3) is 0.769. The summed E-state index contributed by atoms with van der Waals surface area (Å²) in [7, 11) is 1.76. The number of aryl methyl sites for hydroxylation is 1. The van der Waals surface area contributed by atoms with Crippen LogP contribution in [-0.2, 0) is 17.8 Å². The highest BCUT2D eigenvalue weighted by molar-refractivity contribution is 5.04. The molecule has 1 heterocycles. The lowest BCUT2D eigenvalue weighted by Gasteiger charge is -2.23. The fourth-order valence-corrected chi connectivity index (χ4v) is 1.70. The molecule has 0 saturated carbocycles. The molecule has 98 valence electrons. The number of nitrogens with one attached hydrogen (secondary N) is 1. The zero-order chi connectivity index (χ0) is 12.9. The van der Waals surface area contributed by atoms with Gasteiger partial charge in [0.15, 0.2) is 0 Å². The first-order chi connectivity index (χ1) is 8.00. The Kier molecular flexibility index (Phi) is 5.15. The molecule has 0 saturated heterocycles. The molecule has 4 nitrogen and oxygen atoms in total. The molecule has 0 spiro atoms.